The summed E-state index contributed by atoms with van der Waals surface area (Å²) in [5.41, 5.74) is 0.532. The Bertz CT molecular complexity index is 581. The van der Waals surface area contributed by atoms with Crippen LogP contribution in [0.3, 0.4) is 0 Å². The van der Waals surface area contributed by atoms with Crippen LogP contribution in [0.1, 0.15) is 50.5 Å². The zero-order chi connectivity index (χ0) is 17.9. The van der Waals surface area contributed by atoms with Gasteiger partial charge in [0, 0.05) is 25.2 Å². The molecule has 3 N–H and O–H groups in total. The van der Waals surface area contributed by atoms with E-state index in [1.165, 1.54) is 23.3 Å². The van der Waals surface area contributed by atoms with E-state index in [9.17, 15) is 9.90 Å². The highest BCUT2D eigenvalue weighted by Crippen LogP contribution is 2.36. The van der Waals surface area contributed by atoms with Crippen LogP contribution in [0.2, 0.25) is 4.34 Å². The lowest BCUT2D eigenvalue weighted by molar-refractivity contribution is -0.0780. The van der Waals surface area contributed by atoms with Gasteiger partial charge in [0.25, 0.3) is 0 Å². The molecular weight excluding hydrogens is 360 g/mol. The third kappa shape index (κ3) is 4.88. The van der Waals surface area contributed by atoms with E-state index in [1.54, 1.807) is 0 Å². The van der Waals surface area contributed by atoms with Crippen LogP contribution in [0.25, 0.3) is 0 Å². The summed E-state index contributed by atoms with van der Waals surface area (Å²) in [5.74, 6) is 0. The van der Waals surface area contributed by atoms with Gasteiger partial charge in [0.1, 0.15) is 0 Å². The number of thiophene rings is 1. The lowest BCUT2D eigenvalue weighted by Crippen LogP contribution is -2.58. The molecule has 2 fully saturated rings. The van der Waals surface area contributed by atoms with Gasteiger partial charge in [0.15, 0.2) is 0 Å². The number of hydrogen-bond acceptors (Lipinski definition) is 4. The summed E-state index contributed by atoms with van der Waals surface area (Å²) < 4.78 is 0.786. The van der Waals surface area contributed by atoms with Crippen LogP contribution in [-0.4, -0.2) is 52.0 Å². The molecule has 1 saturated heterocycles. The van der Waals surface area contributed by atoms with Crippen molar-refractivity contribution in [1.29, 1.82) is 0 Å². The molecule has 5 nitrogen and oxygen atoms in total. The second-order valence-electron chi connectivity index (χ2n) is 7.40. The summed E-state index contributed by atoms with van der Waals surface area (Å²) in [6.07, 6.45) is 6.50. The second-order valence-corrected chi connectivity index (χ2v) is 8.95. The zero-order valence-corrected chi connectivity index (χ0v) is 16.0. The maximum Gasteiger partial charge on any atom is 0.404 e. The Balaban J connectivity index is 1.71. The van der Waals surface area contributed by atoms with Gasteiger partial charge in [0.2, 0.25) is 0 Å². The first-order valence-corrected chi connectivity index (χ1v) is 10.4. The Morgan fingerprint density at radius 2 is 2.04 bits per heavy atom. The van der Waals surface area contributed by atoms with Crippen molar-refractivity contribution in [2.24, 2.45) is 0 Å². The molecule has 1 atom stereocenters. The van der Waals surface area contributed by atoms with Gasteiger partial charge in [0.05, 0.1) is 9.94 Å². The molecule has 0 aromatic carbocycles. The standard InChI is InChI=1S/C18H27ClN2O3S/c19-16-11-13(12-25-16)10-15(18(24)6-2-1-3-7-18)21-8-4-14(5-9-21)20-17(22)23/h11-12,14-15,20,24H,1-10H2,(H,22,23). The Morgan fingerprint density at radius 3 is 2.60 bits per heavy atom. The first-order valence-electron chi connectivity index (χ1n) is 9.15. The van der Waals surface area contributed by atoms with Crippen molar-refractivity contribution in [3.05, 3.63) is 21.3 Å². The van der Waals surface area contributed by atoms with E-state index in [0.29, 0.717) is 0 Å². The second kappa shape index (κ2) is 8.25. The molecule has 0 bridgehead atoms. The number of aliphatic hydroxyl groups is 1. The summed E-state index contributed by atoms with van der Waals surface area (Å²) in [5, 5.41) is 25.0. The number of halogens is 1. The normalized spacial score (nSPS) is 23.3. The van der Waals surface area contributed by atoms with E-state index in [4.69, 9.17) is 16.7 Å². The molecule has 1 unspecified atom stereocenters. The van der Waals surface area contributed by atoms with Crippen LogP contribution < -0.4 is 5.32 Å². The van der Waals surface area contributed by atoms with Crippen LogP contribution in [0.4, 0.5) is 4.79 Å². The number of hydrogen-bond donors (Lipinski definition) is 3. The average Bonchev–Trinajstić information content (AvgIpc) is 2.99. The van der Waals surface area contributed by atoms with E-state index >= 15 is 0 Å². The van der Waals surface area contributed by atoms with Crippen molar-refractivity contribution in [2.45, 2.75) is 69.1 Å². The molecule has 1 aliphatic carbocycles. The lowest BCUT2D eigenvalue weighted by Gasteiger charge is -2.47. The number of nitrogens with zero attached hydrogens (tertiary/aromatic N) is 1. The van der Waals surface area contributed by atoms with Gasteiger partial charge in [-0.15, -0.1) is 11.3 Å². The van der Waals surface area contributed by atoms with E-state index in [0.717, 1.165) is 62.4 Å². The molecule has 25 heavy (non-hydrogen) atoms. The molecule has 0 spiro atoms. The van der Waals surface area contributed by atoms with Crippen molar-refractivity contribution in [3.8, 4) is 0 Å². The zero-order valence-electron chi connectivity index (χ0n) is 14.4. The minimum Gasteiger partial charge on any atom is -0.465 e. The third-order valence-electron chi connectivity index (χ3n) is 5.69. The summed E-state index contributed by atoms with van der Waals surface area (Å²) >= 11 is 7.63. The lowest BCUT2D eigenvalue weighted by atomic mass is 9.76. The predicted molar refractivity (Wildman–Crippen MR) is 101 cm³/mol. The average molecular weight is 387 g/mol. The summed E-state index contributed by atoms with van der Waals surface area (Å²) in [7, 11) is 0. The van der Waals surface area contributed by atoms with Gasteiger partial charge >= 0.3 is 6.09 Å². The van der Waals surface area contributed by atoms with Crippen LogP contribution in [-0.2, 0) is 6.42 Å². The SMILES string of the molecule is O=C(O)NC1CCN(C(Cc2csc(Cl)c2)C2(O)CCCCC2)CC1. The molecule has 7 heteroatoms. The van der Waals surface area contributed by atoms with Crippen molar-refractivity contribution in [1.82, 2.24) is 10.2 Å². The molecular formula is C18H27ClN2O3S. The van der Waals surface area contributed by atoms with E-state index in [1.807, 2.05) is 6.07 Å². The molecule has 140 valence electrons. The summed E-state index contributed by atoms with van der Waals surface area (Å²) in [6.45, 7) is 1.63. The summed E-state index contributed by atoms with van der Waals surface area (Å²) in [6, 6.07) is 2.10. The molecule has 2 heterocycles. The largest absolute Gasteiger partial charge is 0.465 e. The first-order chi connectivity index (χ1) is 12.0. The Kier molecular flexibility index (Phi) is 6.25. The highest BCUT2D eigenvalue weighted by molar-refractivity contribution is 7.14. The van der Waals surface area contributed by atoms with Crippen LogP contribution in [0.15, 0.2) is 11.4 Å². The van der Waals surface area contributed by atoms with Crippen LogP contribution >= 0.6 is 22.9 Å². The van der Waals surface area contributed by atoms with E-state index in [2.05, 4.69) is 15.6 Å². The minimum atomic E-state index is -0.950. The van der Waals surface area contributed by atoms with E-state index in [-0.39, 0.29) is 12.1 Å². The number of rotatable bonds is 5. The molecule has 1 amide bonds. The molecule has 1 aromatic heterocycles. The number of piperidine rings is 1. The first kappa shape index (κ1) is 19.0. The number of carboxylic acid groups (broad SMARTS) is 1. The van der Waals surface area contributed by atoms with Gasteiger partial charge in [-0.2, -0.15) is 0 Å². The fourth-order valence-corrected chi connectivity index (χ4v) is 5.28. The molecule has 1 saturated carbocycles. The highest BCUT2D eigenvalue weighted by atomic mass is 35.5. The van der Waals surface area contributed by atoms with Crippen LogP contribution in [0.5, 0.6) is 0 Å². The van der Waals surface area contributed by atoms with Gasteiger partial charge in [-0.05, 0) is 49.1 Å². The van der Waals surface area contributed by atoms with Crippen molar-refractivity contribution < 1.29 is 15.0 Å². The smallest absolute Gasteiger partial charge is 0.404 e. The van der Waals surface area contributed by atoms with Gasteiger partial charge in [-0.25, -0.2) is 4.79 Å². The van der Waals surface area contributed by atoms with Crippen molar-refractivity contribution in [2.75, 3.05) is 13.1 Å². The van der Waals surface area contributed by atoms with Crippen molar-refractivity contribution in [3.63, 3.8) is 0 Å². The van der Waals surface area contributed by atoms with Crippen LogP contribution in [0, 0.1) is 0 Å². The van der Waals surface area contributed by atoms with Gasteiger partial charge < -0.3 is 15.5 Å². The summed E-state index contributed by atoms with van der Waals surface area (Å²) in [4.78, 5) is 13.2. The minimum absolute atomic E-state index is 0.0194. The number of nitrogens with one attached hydrogen (secondary N) is 1. The third-order valence-corrected chi connectivity index (χ3v) is 6.83. The fraction of sp³-hybridized carbons (Fsp3) is 0.722. The Labute approximate surface area is 158 Å². The molecule has 2 aliphatic rings. The quantitative estimate of drug-likeness (QED) is 0.720. The molecule has 1 aliphatic heterocycles. The molecule has 0 radical (unpaired) electrons. The monoisotopic (exact) mass is 386 g/mol. The fourth-order valence-electron chi connectivity index (χ4n) is 4.36. The predicted octanol–water partition coefficient (Wildman–Crippen LogP) is 3.74. The topological polar surface area (TPSA) is 72.8 Å². The maximum atomic E-state index is 11.4. The molecule has 1 aromatic rings. The number of amides is 1. The van der Waals surface area contributed by atoms with Gasteiger partial charge in [-0.3, -0.25) is 4.90 Å². The van der Waals surface area contributed by atoms with Crippen molar-refractivity contribution >= 4 is 29.0 Å². The highest BCUT2D eigenvalue weighted by Gasteiger charge is 2.42. The maximum absolute atomic E-state index is 11.4. The Hall–Kier alpha value is -0.820. The number of carbonyl (C=O) groups is 1. The van der Waals surface area contributed by atoms with E-state index < -0.39 is 11.7 Å². The van der Waals surface area contributed by atoms with Gasteiger partial charge in [-0.1, -0.05) is 30.9 Å². The molecule has 3 rings (SSSR count). The number of likely N-dealkylation sites (tertiary alicyclic amines) is 1. The Morgan fingerprint density at radius 1 is 1.36 bits per heavy atom.